The normalized spacial score (nSPS) is 13.2. The third-order valence-corrected chi connectivity index (χ3v) is 4.81. The van der Waals surface area contributed by atoms with Gasteiger partial charge in [0, 0.05) is 5.39 Å². The van der Waals surface area contributed by atoms with Crippen LogP contribution in [0, 0.1) is 13.8 Å². The van der Waals surface area contributed by atoms with Gasteiger partial charge in [-0.3, -0.25) is 4.79 Å². The van der Waals surface area contributed by atoms with Gasteiger partial charge in [0.05, 0.1) is 6.04 Å². The third kappa shape index (κ3) is 3.88. The molecule has 0 aromatic heterocycles. The van der Waals surface area contributed by atoms with Crippen LogP contribution in [0.5, 0.6) is 5.75 Å². The minimum absolute atomic E-state index is 0.0691. The Balaban J connectivity index is 1.70. The molecule has 0 saturated carbocycles. The monoisotopic (exact) mass is 347 g/mol. The van der Waals surface area contributed by atoms with Crippen molar-refractivity contribution in [2.24, 2.45) is 0 Å². The summed E-state index contributed by atoms with van der Waals surface area (Å²) in [7, 11) is 0. The molecule has 3 heteroatoms. The molecule has 26 heavy (non-hydrogen) atoms. The molecular weight excluding hydrogens is 322 g/mol. The van der Waals surface area contributed by atoms with Crippen molar-refractivity contribution < 1.29 is 9.53 Å². The van der Waals surface area contributed by atoms with Gasteiger partial charge in [0.25, 0.3) is 5.91 Å². The van der Waals surface area contributed by atoms with E-state index in [1.807, 2.05) is 49.4 Å². The van der Waals surface area contributed by atoms with E-state index >= 15 is 0 Å². The van der Waals surface area contributed by atoms with Gasteiger partial charge >= 0.3 is 0 Å². The van der Waals surface area contributed by atoms with Crippen LogP contribution < -0.4 is 10.1 Å². The molecule has 1 amide bonds. The van der Waals surface area contributed by atoms with Crippen LogP contribution in [0.1, 0.15) is 36.6 Å². The molecule has 2 atom stereocenters. The molecule has 0 saturated heterocycles. The number of ether oxygens (including phenoxy) is 1. The lowest BCUT2D eigenvalue weighted by atomic mass is 10.0. The van der Waals surface area contributed by atoms with E-state index in [1.54, 1.807) is 6.92 Å². The average molecular weight is 347 g/mol. The van der Waals surface area contributed by atoms with Crippen LogP contribution in [0.3, 0.4) is 0 Å². The molecule has 0 spiro atoms. The van der Waals surface area contributed by atoms with Crippen LogP contribution in [0.15, 0.2) is 60.7 Å². The average Bonchev–Trinajstić information content (AvgIpc) is 2.64. The summed E-state index contributed by atoms with van der Waals surface area (Å²) in [4.78, 5) is 12.6. The molecule has 0 heterocycles. The fourth-order valence-corrected chi connectivity index (χ4v) is 2.99. The van der Waals surface area contributed by atoms with Crippen molar-refractivity contribution in [1.82, 2.24) is 5.32 Å². The first-order valence-electron chi connectivity index (χ1n) is 8.97. The molecule has 3 aromatic carbocycles. The van der Waals surface area contributed by atoms with Crippen LogP contribution in [-0.2, 0) is 4.79 Å². The van der Waals surface area contributed by atoms with Gasteiger partial charge in [0.15, 0.2) is 6.10 Å². The molecule has 0 fully saturated rings. The smallest absolute Gasteiger partial charge is 0.261 e. The van der Waals surface area contributed by atoms with Crippen molar-refractivity contribution in [3.05, 3.63) is 77.4 Å². The number of rotatable bonds is 5. The largest absolute Gasteiger partial charge is 0.480 e. The lowest BCUT2D eigenvalue weighted by molar-refractivity contribution is -0.127. The van der Waals surface area contributed by atoms with Crippen molar-refractivity contribution in [3.63, 3.8) is 0 Å². The fraction of sp³-hybridized carbons (Fsp3) is 0.261. The lowest BCUT2D eigenvalue weighted by Crippen LogP contribution is -2.37. The van der Waals surface area contributed by atoms with E-state index in [0.29, 0.717) is 0 Å². The number of fused-ring (bicyclic) bond motifs is 1. The van der Waals surface area contributed by atoms with E-state index in [4.69, 9.17) is 4.74 Å². The molecule has 3 aromatic rings. The van der Waals surface area contributed by atoms with Crippen molar-refractivity contribution in [2.45, 2.75) is 39.8 Å². The summed E-state index contributed by atoms with van der Waals surface area (Å²) >= 11 is 0. The Morgan fingerprint density at radius 1 is 0.923 bits per heavy atom. The van der Waals surface area contributed by atoms with Crippen LogP contribution in [0.25, 0.3) is 10.8 Å². The van der Waals surface area contributed by atoms with Gasteiger partial charge in [-0.15, -0.1) is 0 Å². The number of aryl methyl sites for hydroxylation is 2. The predicted octanol–water partition coefficient (Wildman–Crippen LogP) is 5.10. The van der Waals surface area contributed by atoms with E-state index in [9.17, 15) is 4.79 Å². The standard InChI is InChI=1S/C23H25NO2/c1-15-12-13-20(14-16(15)2)17(3)24-23(25)18(4)26-22-11-7-9-19-8-5-6-10-21(19)22/h5-14,17-18H,1-4H3,(H,24,25)/t17-,18-/m0/s1. The molecule has 0 unspecified atom stereocenters. The maximum absolute atomic E-state index is 12.6. The number of hydrogen-bond acceptors (Lipinski definition) is 2. The van der Waals surface area contributed by atoms with Gasteiger partial charge in [-0.2, -0.15) is 0 Å². The SMILES string of the molecule is Cc1ccc([C@H](C)NC(=O)[C@H](C)Oc2cccc3ccccc23)cc1C. The van der Waals surface area contributed by atoms with Crippen LogP contribution in [0.4, 0.5) is 0 Å². The lowest BCUT2D eigenvalue weighted by Gasteiger charge is -2.20. The molecule has 1 N–H and O–H groups in total. The first-order valence-corrected chi connectivity index (χ1v) is 8.97. The summed E-state index contributed by atoms with van der Waals surface area (Å²) in [6.45, 7) is 7.94. The van der Waals surface area contributed by atoms with Crippen LogP contribution >= 0.6 is 0 Å². The van der Waals surface area contributed by atoms with Gasteiger partial charge in [-0.05, 0) is 55.8 Å². The highest BCUT2D eigenvalue weighted by Gasteiger charge is 2.18. The van der Waals surface area contributed by atoms with Gasteiger partial charge in [-0.1, -0.05) is 54.6 Å². The number of nitrogens with one attached hydrogen (secondary N) is 1. The van der Waals surface area contributed by atoms with E-state index in [-0.39, 0.29) is 11.9 Å². The Morgan fingerprint density at radius 3 is 2.42 bits per heavy atom. The topological polar surface area (TPSA) is 38.3 Å². The fourth-order valence-electron chi connectivity index (χ4n) is 2.99. The number of carbonyl (C=O) groups is 1. The summed E-state index contributed by atoms with van der Waals surface area (Å²) in [6, 6.07) is 20.1. The maximum Gasteiger partial charge on any atom is 0.261 e. The van der Waals surface area contributed by atoms with Crippen LogP contribution in [0.2, 0.25) is 0 Å². The number of carbonyl (C=O) groups excluding carboxylic acids is 1. The quantitative estimate of drug-likeness (QED) is 0.697. The second-order valence-corrected chi connectivity index (χ2v) is 6.81. The summed E-state index contributed by atoms with van der Waals surface area (Å²) in [5.41, 5.74) is 3.57. The third-order valence-electron chi connectivity index (χ3n) is 4.81. The van der Waals surface area contributed by atoms with Gasteiger partial charge < -0.3 is 10.1 Å². The van der Waals surface area contributed by atoms with Crippen LogP contribution in [-0.4, -0.2) is 12.0 Å². The zero-order valence-electron chi connectivity index (χ0n) is 15.7. The zero-order valence-corrected chi connectivity index (χ0v) is 15.7. The highest BCUT2D eigenvalue weighted by atomic mass is 16.5. The second-order valence-electron chi connectivity index (χ2n) is 6.81. The number of hydrogen-bond donors (Lipinski definition) is 1. The molecule has 0 aliphatic rings. The Morgan fingerprint density at radius 2 is 1.65 bits per heavy atom. The van der Waals surface area contributed by atoms with E-state index in [2.05, 4.69) is 37.4 Å². The summed E-state index contributed by atoms with van der Waals surface area (Å²) < 4.78 is 5.96. The first kappa shape index (κ1) is 18.0. The Kier molecular flexibility index (Phi) is 5.27. The van der Waals surface area contributed by atoms with Crippen molar-refractivity contribution in [2.75, 3.05) is 0 Å². The van der Waals surface area contributed by atoms with Crippen molar-refractivity contribution in [1.29, 1.82) is 0 Å². The van der Waals surface area contributed by atoms with Gasteiger partial charge in [-0.25, -0.2) is 0 Å². The highest BCUT2D eigenvalue weighted by molar-refractivity contribution is 5.89. The van der Waals surface area contributed by atoms with E-state index in [0.717, 1.165) is 22.1 Å². The highest BCUT2D eigenvalue weighted by Crippen LogP contribution is 2.26. The van der Waals surface area contributed by atoms with E-state index in [1.165, 1.54) is 11.1 Å². The molecule has 0 aliphatic heterocycles. The molecule has 0 aliphatic carbocycles. The number of amides is 1. The van der Waals surface area contributed by atoms with E-state index < -0.39 is 6.10 Å². The Hall–Kier alpha value is -2.81. The molecular formula is C23H25NO2. The zero-order chi connectivity index (χ0) is 18.7. The summed E-state index contributed by atoms with van der Waals surface area (Å²) in [6.07, 6.45) is -0.574. The van der Waals surface area contributed by atoms with Crippen molar-refractivity contribution in [3.8, 4) is 5.75 Å². The molecule has 3 nitrogen and oxygen atoms in total. The maximum atomic E-state index is 12.6. The molecule has 134 valence electrons. The summed E-state index contributed by atoms with van der Waals surface area (Å²) in [5, 5.41) is 5.16. The molecule has 0 bridgehead atoms. The first-order chi connectivity index (χ1) is 12.5. The molecule has 0 radical (unpaired) electrons. The Bertz CT molecular complexity index is 927. The summed E-state index contributed by atoms with van der Waals surface area (Å²) in [5.74, 6) is 0.605. The van der Waals surface area contributed by atoms with Gasteiger partial charge in [0.1, 0.15) is 5.75 Å². The minimum atomic E-state index is -0.574. The minimum Gasteiger partial charge on any atom is -0.480 e. The second kappa shape index (κ2) is 7.61. The van der Waals surface area contributed by atoms with Crippen molar-refractivity contribution >= 4 is 16.7 Å². The van der Waals surface area contributed by atoms with Gasteiger partial charge in [0.2, 0.25) is 0 Å². The number of benzene rings is 3. The predicted molar refractivity (Wildman–Crippen MR) is 107 cm³/mol. The Labute approximate surface area is 155 Å². The molecule has 3 rings (SSSR count).